The molecule has 0 saturated carbocycles. The van der Waals surface area contributed by atoms with Crippen LogP contribution in [0.4, 0.5) is 0 Å². The van der Waals surface area contributed by atoms with Crippen molar-refractivity contribution >= 4 is 11.0 Å². The lowest BCUT2D eigenvalue weighted by Crippen LogP contribution is -2.51. The molecule has 0 bridgehead atoms. The van der Waals surface area contributed by atoms with Gasteiger partial charge in [0.25, 0.3) is 0 Å². The fraction of sp³-hybridized carbons (Fsp3) is 0.333. The van der Waals surface area contributed by atoms with Crippen LogP contribution in [0.25, 0.3) is 11.0 Å². The Balaban J connectivity index is 1.65. The van der Waals surface area contributed by atoms with Gasteiger partial charge in [-0.3, -0.25) is 9.88 Å². The normalized spacial score (nSPS) is 20.1. The molecule has 4 rings (SSSR count). The van der Waals surface area contributed by atoms with Gasteiger partial charge < -0.3 is 9.84 Å². The van der Waals surface area contributed by atoms with E-state index in [2.05, 4.69) is 22.0 Å². The second kappa shape index (κ2) is 7.50. The minimum atomic E-state index is -0.372. The van der Waals surface area contributed by atoms with Gasteiger partial charge in [-0.25, -0.2) is 4.98 Å². The predicted molar refractivity (Wildman–Crippen MR) is 100 cm³/mol. The van der Waals surface area contributed by atoms with Gasteiger partial charge in [-0.15, -0.1) is 0 Å². The molecule has 0 radical (unpaired) electrons. The van der Waals surface area contributed by atoms with Crippen molar-refractivity contribution in [2.75, 3.05) is 19.8 Å². The maximum Gasteiger partial charge on any atom is 0.0890 e. The first kappa shape index (κ1) is 17.1. The molecule has 1 fully saturated rings. The molecular formula is C21H23N3O2. The van der Waals surface area contributed by atoms with Crippen molar-refractivity contribution in [3.63, 3.8) is 0 Å². The zero-order valence-corrected chi connectivity index (χ0v) is 14.7. The van der Waals surface area contributed by atoms with Crippen molar-refractivity contribution in [3.8, 4) is 0 Å². The molecule has 1 unspecified atom stereocenters. The molecule has 5 nitrogen and oxygen atoms in total. The number of nitrogens with zero attached hydrogens (tertiary/aromatic N) is 3. The maximum absolute atomic E-state index is 10.2. The molecule has 5 heteroatoms. The van der Waals surface area contributed by atoms with Crippen LogP contribution in [0.5, 0.6) is 0 Å². The van der Waals surface area contributed by atoms with E-state index in [4.69, 9.17) is 9.72 Å². The molecule has 1 atom stereocenters. The van der Waals surface area contributed by atoms with Crippen molar-refractivity contribution in [1.82, 2.24) is 14.9 Å². The molecule has 134 valence electrons. The third-order valence-corrected chi connectivity index (χ3v) is 5.12. The number of hydrogen-bond acceptors (Lipinski definition) is 5. The van der Waals surface area contributed by atoms with E-state index in [1.54, 1.807) is 0 Å². The summed E-state index contributed by atoms with van der Waals surface area (Å²) in [6, 6.07) is 18.2. The summed E-state index contributed by atoms with van der Waals surface area (Å²) in [7, 11) is 0. The van der Waals surface area contributed by atoms with Crippen LogP contribution in [0.2, 0.25) is 0 Å². The number of benzene rings is 2. The highest BCUT2D eigenvalue weighted by molar-refractivity contribution is 5.73. The molecule has 1 aromatic heterocycles. The van der Waals surface area contributed by atoms with Crippen molar-refractivity contribution in [2.24, 2.45) is 0 Å². The van der Waals surface area contributed by atoms with Crippen LogP contribution in [0, 0.1) is 0 Å². The van der Waals surface area contributed by atoms with E-state index in [0.717, 1.165) is 29.7 Å². The smallest absolute Gasteiger partial charge is 0.0890 e. The van der Waals surface area contributed by atoms with Crippen molar-refractivity contribution in [2.45, 2.75) is 25.0 Å². The number of aliphatic hydroxyl groups excluding tert-OH is 1. The first-order valence-corrected chi connectivity index (χ1v) is 8.97. The third-order valence-electron chi connectivity index (χ3n) is 5.12. The minimum absolute atomic E-state index is 0.0703. The molecule has 1 saturated heterocycles. The van der Waals surface area contributed by atoms with Gasteiger partial charge >= 0.3 is 0 Å². The average Bonchev–Trinajstić information content (AvgIpc) is 3.19. The highest BCUT2D eigenvalue weighted by Gasteiger charge is 2.40. The monoisotopic (exact) mass is 349 g/mol. The van der Waals surface area contributed by atoms with Crippen LogP contribution in [-0.4, -0.2) is 45.3 Å². The van der Waals surface area contributed by atoms with Crippen LogP contribution in [-0.2, 0) is 17.8 Å². The summed E-state index contributed by atoms with van der Waals surface area (Å²) in [5.41, 5.74) is 3.53. The Labute approximate surface area is 153 Å². The van der Waals surface area contributed by atoms with E-state index in [0.29, 0.717) is 19.8 Å². The first-order valence-electron chi connectivity index (χ1n) is 8.97. The Kier molecular flexibility index (Phi) is 4.93. The van der Waals surface area contributed by atoms with Crippen LogP contribution in [0.15, 0.2) is 60.8 Å². The minimum Gasteiger partial charge on any atom is -0.394 e. The summed E-state index contributed by atoms with van der Waals surface area (Å²) in [4.78, 5) is 11.6. The van der Waals surface area contributed by atoms with Crippen molar-refractivity contribution in [1.29, 1.82) is 0 Å². The van der Waals surface area contributed by atoms with Gasteiger partial charge in [-0.05, 0) is 24.1 Å². The van der Waals surface area contributed by atoms with E-state index >= 15 is 0 Å². The Morgan fingerprint density at radius 2 is 1.77 bits per heavy atom. The third kappa shape index (κ3) is 3.46. The summed E-state index contributed by atoms with van der Waals surface area (Å²) in [6.07, 6.45) is 2.65. The van der Waals surface area contributed by atoms with E-state index in [9.17, 15) is 5.11 Å². The molecule has 0 amide bonds. The largest absolute Gasteiger partial charge is 0.394 e. The summed E-state index contributed by atoms with van der Waals surface area (Å²) in [6.45, 7) is 2.64. The highest BCUT2D eigenvalue weighted by Crippen LogP contribution is 2.29. The summed E-state index contributed by atoms with van der Waals surface area (Å²) >= 11 is 0. The Morgan fingerprint density at radius 3 is 2.50 bits per heavy atom. The molecule has 2 heterocycles. The molecular weight excluding hydrogens is 326 g/mol. The quantitative estimate of drug-likeness (QED) is 0.742. The molecule has 26 heavy (non-hydrogen) atoms. The second-order valence-electron chi connectivity index (χ2n) is 6.88. The SMILES string of the molecule is OCC1(N(Cc2ccccc2)Cc2cnc3ccccc3n2)CCOC1. The number of fused-ring (bicyclic) bond motifs is 1. The fourth-order valence-electron chi connectivity index (χ4n) is 3.53. The van der Waals surface area contributed by atoms with Gasteiger partial charge in [0, 0.05) is 19.7 Å². The van der Waals surface area contributed by atoms with E-state index in [-0.39, 0.29) is 12.1 Å². The van der Waals surface area contributed by atoms with Crippen LogP contribution in [0.1, 0.15) is 17.7 Å². The van der Waals surface area contributed by atoms with E-state index in [1.807, 2.05) is 48.7 Å². The Morgan fingerprint density at radius 1 is 1.00 bits per heavy atom. The van der Waals surface area contributed by atoms with Crippen LogP contribution >= 0.6 is 0 Å². The van der Waals surface area contributed by atoms with Gasteiger partial charge in [0.15, 0.2) is 0 Å². The van der Waals surface area contributed by atoms with Gasteiger partial charge in [0.2, 0.25) is 0 Å². The molecule has 0 aliphatic carbocycles. The number of aliphatic hydroxyl groups is 1. The van der Waals surface area contributed by atoms with Gasteiger partial charge in [0.1, 0.15) is 0 Å². The number of ether oxygens (including phenoxy) is 1. The first-order chi connectivity index (χ1) is 12.8. The van der Waals surface area contributed by atoms with Crippen LogP contribution < -0.4 is 0 Å². The molecule has 1 aliphatic heterocycles. The predicted octanol–water partition coefficient (Wildman–Crippen LogP) is 2.78. The van der Waals surface area contributed by atoms with Gasteiger partial charge in [-0.2, -0.15) is 0 Å². The highest BCUT2D eigenvalue weighted by atomic mass is 16.5. The zero-order valence-electron chi connectivity index (χ0n) is 14.7. The summed E-state index contributed by atoms with van der Waals surface area (Å²) in [5, 5.41) is 10.2. The molecule has 2 aromatic carbocycles. The summed E-state index contributed by atoms with van der Waals surface area (Å²) in [5.74, 6) is 0. The topological polar surface area (TPSA) is 58.5 Å². The van der Waals surface area contributed by atoms with E-state index < -0.39 is 0 Å². The maximum atomic E-state index is 10.2. The van der Waals surface area contributed by atoms with Gasteiger partial charge in [-0.1, -0.05) is 42.5 Å². The lowest BCUT2D eigenvalue weighted by molar-refractivity contribution is 0.00689. The van der Waals surface area contributed by atoms with Crippen LogP contribution in [0.3, 0.4) is 0 Å². The molecule has 1 aliphatic rings. The lowest BCUT2D eigenvalue weighted by atomic mass is 9.96. The molecule has 3 aromatic rings. The standard InChI is InChI=1S/C21H23N3O2/c25-15-21(10-11-26-16-21)24(13-17-6-2-1-3-7-17)14-18-12-22-19-8-4-5-9-20(19)23-18/h1-9,12,25H,10-11,13-16H2. The zero-order chi connectivity index (χ0) is 17.8. The lowest BCUT2D eigenvalue weighted by Gasteiger charge is -2.38. The fourth-order valence-corrected chi connectivity index (χ4v) is 3.53. The van der Waals surface area contributed by atoms with Gasteiger partial charge in [0.05, 0.1) is 41.7 Å². The molecule has 1 N–H and O–H groups in total. The number of hydrogen-bond donors (Lipinski definition) is 1. The average molecular weight is 349 g/mol. The number of aromatic nitrogens is 2. The van der Waals surface area contributed by atoms with Crippen molar-refractivity contribution < 1.29 is 9.84 Å². The molecule has 0 spiro atoms. The van der Waals surface area contributed by atoms with E-state index in [1.165, 1.54) is 5.56 Å². The number of para-hydroxylation sites is 2. The Hall–Kier alpha value is -2.34. The van der Waals surface area contributed by atoms with Crippen molar-refractivity contribution in [3.05, 3.63) is 72.1 Å². The summed E-state index contributed by atoms with van der Waals surface area (Å²) < 4.78 is 5.64. The number of rotatable bonds is 6. The Bertz CT molecular complexity index is 863. The second-order valence-corrected chi connectivity index (χ2v) is 6.88.